The Morgan fingerprint density at radius 2 is 1.85 bits per heavy atom. The molecule has 2 aromatic rings. The fourth-order valence-electron chi connectivity index (χ4n) is 1.85. The lowest BCUT2D eigenvalue weighted by Crippen LogP contribution is -2.12. The molecule has 0 spiro atoms. The Morgan fingerprint density at radius 1 is 1.15 bits per heavy atom. The van der Waals surface area contributed by atoms with Crippen LogP contribution in [0.15, 0.2) is 35.5 Å². The van der Waals surface area contributed by atoms with Crippen molar-refractivity contribution < 1.29 is 4.74 Å². The first-order valence-corrected chi connectivity index (χ1v) is 7.58. The summed E-state index contributed by atoms with van der Waals surface area (Å²) in [5.41, 5.74) is 6.89. The highest BCUT2D eigenvalue weighted by atomic mass is 32.2. The summed E-state index contributed by atoms with van der Waals surface area (Å²) in [6.45, 7) is 6.45. The summed E-state index contributed by atoms with van der Waals surface area (Å²) >= 11 is 1.44. The van der Waals surface area contributed by atoms with Gasteiger partial charge in [0.15, 0.2) is 5.16 Å². The van der Waals surface area contributed by atoms with Crippen LogP contribution in [0.2, 0.25) is 0 Å². The van der Waals surface area contributed by atoms with E-state index in [1.54, 1.807) is 6.07 Å². The normalized spacial score (nSPS) is 11.4. The van der Waals surface area contributed by atoms with Crippen LogP contribution in [-0.4, -0.2) is 16.2 Å². The molecule has 1 heterocycles. The van der Waals surface area contributed by atoms with Gasteiger partial charge in [0.1, 0.15) is 11.6 Å². The van der Waals surface area contributed by atoms with Gasteiger partial charge in [0.05, 0.1) is 0 Å². The molecule has 0 fully saturated rings. The summed E-state index contributed by atoms with van der Waals surface area (Å²) in [5.74, 6) is 1.68. The third-order valence-electron chi connectivity index (χ3n) is 2.79. The van der Waals surface area contributed by atoms with E-state index in [9.17, 15) is 0 Å². The number of para-hydroxylation sites is 1. The molecule has 0 bridgehead atoms. The Kier molecular flexibility index (Phi) is 4.18. The van der Waals surface area contributed by atoms with Gasteiger partial charge < -0.3 is 10.5 Å². The van der Waals surface area contributed by atoms with Crippen LogP contribution in [0.3, 0.4) is 0 Å². The number of benzene rings is 1. The largest absolute Gasteiger partial charge is 0.439 e. The predicted molar refractivity (Wildman–Crippen MR) is 83.4 cm³/mol. The monoisotopic (exact) mass is 289 g/mol. The molecule has 4 nitrogen and oxygen atoms in total. The molecular formula is C15H19N3OS. The lowest BCUT2D eigenvalue weighted by atomic mass is 9.86. The Balaban J connectivity index is 2.38. The van der Waals surface area contributed by atoms with Gasteiger partial charge in [-0.1, -0.05) is 50.7 Å². The quantitative estimate of drug-likeness (QED) is 0.686. The van der Waals surface area contributed by atoms with Crippen LogP contribution < -0.4 is 10.5 Å². The molecule has 5 heteroatoms. The molecule has 1 aromatic carbocycles. The van der Waals surface area contributed by atoms with Crippen molar-refractivity contribution in [2.45, 2.75) is 31.3 Å². The van der Waals surface area contributed by atoms with Gasteiger partial charge in [0, 0.05) is 11.6 Å². The summed E-state index contributed by atoms with van der Waals surface area (Å²) in [4.78, 5) is 8.43. The third kappa shape index (κ3) is 3.42. The highest BCUT2D eigenvalue weighted by Crippen LogP contribution is 2.33. The molecule has 0 saturated carbocycles. The summed E-state index contributed by atoms with van der Waals surface area (Å²) < 4.78 is 5.91. The van der Waals surface area contributed by atoms with Crippen LogP contribution in [0.4, 0.5) is 5.82 Å². The molecule has 0 aliphatic heterocycles. The fourth-order valence-corrected chi connectivity index (χ4v) is 2.23. The first-order valence-electron chi connectivity index (χ1n) is 6.36. The van der Waals surface area contributed by atoms with Gasteiger partial charge in [0.25, 0.3) is 0 Å². The van der Waals surface area contributed by atoms with Gasteiger partial charge in [-0.25, -0.2) is 4.98 Å². The van der Waals surface area contributed by atoms with Crippen molar-refractivity contribution >= 4 is 17.6 Å². The average molecular weight is 289 g/mol. The number of aromatic nitrogens is 2. The molecule has 0 atom stereocenters. The average Bonchev–Trinajstić information content (AvgIpc) is 2.37. The Bertz CT molecular complexity index is 608. The SMILES string of the molecule is CSc1nc(N)cc(Oc2ccccc2C(C)(C)C)n1. The lowest BCUT2D eigenvalue weighted by Gasteiger charge is -2.22. The zero-order chi connectivity index (χ0) is 14.8. The van der Waals surface area contributed by atoms with E-state index in [0.717, 1.165) is 11.3 Å². The highest BCUT2D eigenvalue weighted by molar-refractivity contribution is 7.98. The van der Waals surface area contributed by atoms with Crippen molar-refractivity contribution in [3.63, 3.8) is 0 Å². The smallest absolute Gasteiger partial charge is 0.225 e. The zero-order valence-corrected chi connectivity index (χ0v) is 13.0. The summed E-state index contributed by atoms with van der Waals surface area (Å²) in [5, 5.41) is 0.605. The molecule has 0 aliphatic carbocycles. The number of nitrogens with zero attached hydrogens (tertiary/aromatic N) is 2. The second kappa shape index (κ2) is 5.71. The van der Waals surface area contributed by atoms with E-state index in [-0.39, 0.29) is 5.41 Å². The van der Waals surface area contributed by atoms with Crippen molar-refractivity contribution in [1.29, 1.82) is 0 Å². The molecule has 106 valence electrons. The maximum Gasteiger partial charge on any atom is 0.225 e. The van der Waals surface area contributed by atoms with E-state index < -0.39 is 0 Å². The van der Waals surface area contributed by atoms with Crippen LogP contribution in [0.1, 0.15) is 26.3 Å². The molecule has 1 aromatic heterocycles. The van der Waals surface area contributed by atoms with Crippen LogP contribution >= 0.6 is 11.8 Å². The van der Waals surface area contributed by atoms with E-state index in [0.29, 0.717) is 16.9 Å². The van der Waals surface area contributed by atoms with E-state index in [2.05, 4.69) is 36.8 Å². The Labute approximate surface area is 123 Å². The molecule has 0 saturated heterocycles. The van der Waals surface area contributed by atoms with Crippen molar-refractivity contribution in [3.8, 4) is 11.6 Å². The minimum Gasteiger partial charge on any atom is -0.439 e. The standard InChI is InChI=1S/C15H19N3OS/c1-15(2,3)10-7-5-6-8-11(10)19-13-9-12(16)17-14(18-13)20-4/h5-9H,1-4H3,(H2,16,17,18). The van der Waals surface area contributed by atoms with Gasteiger partial charge in [-0.05, 0) is 17.7 Å². The third-order valence-corrected chi connectivity index (χ3v) is 3.34. The molecule has 20 heavy (non-hydrogen) atoms. The van der Waals surface area contributed by atoms with Crippen LogP contribution in [0.5, 0.6) is 11.6 Å². The topological polar surface area (TPSA) is 61.0 Å². The number of anilines is 1. The van der Waals surface area contributed by atoms with Gasteiger partial charge in [0.2, 0.25) is 5.88 Å². The lowest BCUT2D eigenvalue weighted by molar-refractivity contribution is 0.435. The molecule has 0 amide bonds. The number of hydrogen-bond donors (Lipinski definition) is 1. The van der Waals surface area contributed by atoms with Gasteiger partial charge >= 0.3 is 0 Å². The van der Waals surface area contributed by atoms with E-state index in [4.69, 9.17) is 10.5 Å². The summed E-state index contributed by atoms with van der Waals surface area (Å²) in [6, 6.07) is 9.60. The van der Waals surface area contributed by atoms with Crippen LogP contribution in [-0.2, 0) is 5.41 Å². The van der Waals surface area contributed by atoms with Gasteiger partial charge in [-0.2, -0.15) is 4.98 Å². The summed E-state index contributed by atoms with van der Waals surface area (Å²) in [7, 11) is 0. The Morgan fingerprint density at radius 3 is 2.50 bits per heavy atom. The maximum atomic E-state index is 5.91. The first kappa shape index (κ1) is 14.7. The number of hydrogen-bond acceptors (Lipinski definition) is 5. The van der Waals surface area contributed by atoms with E-state index >= 15 is 0 Å². The molecule has 0 aliphatic rings. The minimum atomic E-state index is -0.00248. The van der Waals surface area contributed by atoms with Crippen LogP contribution in [0.25, 0.3) is 0 Å². The van der Waals surface area contributed by atoms with E-state index in [1.807, 2.05) is 24.5 Å². The molecule has 2 rings (SSSR count). The number of nitrogen functional groups attached to an aromatic ring is 1. The van der Waals surface area contributed by atoms with Gasteiger partial charge in [-0.15, -0.1) is 0 Å². The molecular weight excluding hydrogens is 270 g/mol. The Hall–Kier alpha value is -1.75. The van der Waals surface area contributed by atoms with Crippen molar-refractivity contribution in [2.75, 3.05) is 12.0 Å². The highest BCUT2D eigenvalue weighted by Gasteiger charge is 2.19. The molecule has 0 radical (unpaired) electrons. The number of nitrogens with two attached hydrogens (primary N) is 1. The zero-order valence-electron chi connectivity index (χ0n) is 12.2. The minimum absolute atomic E-state index is 0.00248. The van der Waals surface area contributed by atoms with Crippen molar-refractivity contribution in [3.05, 3.63) is 35.9 Å². The predicted octanol–water partition coefficient (Wildman–Crippen LogP) is 3.87. The number of rotatable bonds is 3. The summed E-state index contributed by atoms with van der Waals surface area (Å²) in [6.07, 6.45) is 1.90. The van der Waals surface area contributed by atoms with Crippen molar-refractivity contribution in [1.82, 2.24) is 9.97 Å². The van der Waals surface area contributed by atoms with E-state index in [1.165, 1.54) is 11.8 Å². The second-order valence-corrected chi connectivity index (χ2v) is 6.24. The second-order valence-electron chi connectivity index (χ2n) is 5.47. The van der Waals surface area contributed by atoms with Crippen molar-refractivity contribution in [2.24, 2.45) is 0 Å². The number of ether oxygens (including phenoxy) is 1. The first-order chi connectivity index (χ1) is 9.40. The fraction of sp³-hybridized carbons (Fsp3) is 0.333. The van der Waals surface area contributed by atoms with Crippen LogP contribution in [0, 0.1) is 0 Å². The maximum absolute atomic E-state index is 5.91. The molecule has 0 unspecified atom stereocenters. The van der Waals surface area contributed by atoms with Gasteiger partial charge in [-0.3, -0.25) is 0 Å². The molecule has 2 N–H and O–H groups in total. The number of thioether (sulfide) groups is 1.